The topological polar surface area (TPSA) is 88.5 Å². The van der Waals surface area contributed by atoms with E-state index in [0.29, 0.717) is 12.5 Å². The van der Waals surface area contributed by atoms with Crippen LogP contribution in [0, 0.1) is 0 Å². The summed E-state index contributed by atoms with van der Waals surface area (Å²) in [6.45, 7) is 0. The van der Waals surface area contributed by atoms with Crippen LogP contribution in [-0.2, 0) is 19.4 Å². The second kappa shape index (κ2) is 2.52. The highest BCUT2D eigenvalue weighted by Gasteiger charge is 2.37. The van der Waals surface area contributed by atoms with Gasteiger partial charge in [-0.25, -0.2) is 16.8 Å². The molecule has 5 nitrogen and oxygen atoms in total. The Morgan fingerprint density at radius 3 is 1.20 bits per heavy atom. The van der Waals surface area contributed by atoms with Crippen molar-refractivity contribution in [3.8, 4) is 0 Å². The zero-order chi connectivity index (χ0) is 8.58. The predicted molar refractivity (Wildman–Crippen MR) is 37.7 cm³/mol. The van der Waals surface area contributed by atoms with E-state index >= 15 is 0 Å². The minimum Gasteiger partial charge on any atom is -0.426 e. The maximum atomic E-state index is 10.3. The summed E-state index contributed by atoms with van der Waals surface area (Å²) in [6.07, 6.45) is 1.30. The Hall–Kier alpha value is -0.0751. The SMILES string of the molecule is CS(=O)(=O)B(O)S(C)(=O)=O. The lowest BCUT2D eigenvalue weighted by Gasteiger charge is -1.97. The average Bonchev–Trinajstić information content (AvgIpc) is 1.59. The van der Waals surface area contributed by atoms with Crippen LogP contribution in [0.15, 0.2) is 0 Å². The van der Waals surface area contributed by atoms with Gasteiger partial charge in [-0.3, -0.25) is 0 Å². The Morgan fingerprint density at radius 1 is 1.00 bits per heavy atom. The first kappa shape index (κ1) is 9.92. The second-order valence-corrected chi connectivity index (χ2v) is 6.48. The molecule has 0 aliphatic heterocycles. The standard InChI is InChI=1S/C2H7BO5S2/c1-9(5,6)3(4)10(2,7)8/h4H,1-2H3. The molecule has 0 amide bonds. The smallest absolute Gasteiger partial charge is 0.426 e. The highest BCUT2D eigenvalue weighted by atomic mass is 32.3. The van der Waals surface area contributed by atoms with Crippen molar-refractivity contribution in [2.45, 2.75) is 0 Å². The second-order valence-electron chi connectivity index (χ2n) is 1.97. The molecule has 60 valence electrons. The molecule has 0 atom stereocenters. The van der Waals surface area contributed by atoms with Crippen LogP contribution in [0.5, 0.6) is 0 Å². The van der Waals surface area contributed by atoms with E-state index in [1.165, 1.54) is 0 Å². The van der Waals surface area contributed by atoms with E-state index in [1.807, 2.05) is 0 Å². The molecule has 0 fully saturated rings. The van der Waals surface area contributed by atoms with Gasteiger partial charge >= 0.3 is 5.47 Å². The molecule has 0 aromatic carbocycles. The molecular formula is C2H7BO5S2. The Bertz CT molecular complexity index is 267. The average molecular weight is 186 g/mol. The van der Waals surface area contributed by atoms with E-state index in [4.69, 9.17) is 5.02 Å². The van der Waals surface area contributed by atoms with Gasteiger partial charge in [-0.1, -0.05) is 0 Å². The molecule has 0 aromatic rings. The van der Waals surface area contributed by atoms with Crippen molar-refractivity contribution in [2.75, 3.05) is 12.5 Å². The first-order chi connectivity index (χ1) is 4.15. The molecule has 8 heteroatoms. The summed E-state index contributed by atoms with van der Waals surface area (Å²) in [5.74, 6) is 0. The van der Waals surface area contributed by atoms with Crippen LogP contribution in [0.25, 0.3) is 0 Å². The van der Waals surface area contributed by atoms with Crippen molar-refractivity contribution >= 4 is 24.8 Å². The molecule has 1 N–H and O–H groups in total. The molecule has 10 heavy (non-hydrogen) atoms. The lowest BCUT2D eigenvalue weighted by atomic mass is 10.5. The van der Waals surface area contributed by atoms with Crippen LogP contribution in [0.4, 0.5) is 0 Å². The minimum atomic E-state index is -3.89. The van der Waals surface area contributed by atoms with E-state index in [2.05, 4.69) is 0 Å². The van der Waals surface area contributed by atoms with Gasteiger partial charge in [0, 0.05) is 12.5 Å². The molecule has 0 aromatic heterocycles. The van der Waals surface area contributed by atoms with Crippen LogP contribution >= 0.6 is 0 Å². The molecule has 0 bridgehead atoms. The summed E-state index contributed by atoms with van der Waals surface area (Å²) in [5.41, 5.74) is -2.29. The fourth-order valence-corrected chi connectivity index (χ4v) is 2.86. The molecule has 0 spiro atoms. The largest absolute Gasteiger partial charge is 0.570 e. The van der Waals surface area contributed by atoms with Crippen molar-refractivity contribution in [3.63, 3.8) is 0 Å². The predicted octanol–water partition coefficient (Wildman–Crippen LogP) is -1.95. The van der Waals surface area contributed by atoms with Gasteiger partial charge in [0.25, 0.3) is 0 Å². The first-order valence-electron chi connectivity index (χ1n) is 2.21. The Balaban J connectivity index is 4.94. The molecule has 0 saturated carbocycles. The van der Waals surface area contributed by atoms with E-state index in [0.717, 1.165) is 0 Å². The van der Waals surface area contributed by atoms with Gasteiger partial charge < -0.3 is 5.02 Å². The molecule has 0 unspecified atom stereocenters. The maximum Gasteiger partial charge on any atom is 0.570 e. The Kier molecular flexibility index (Phi) is 2.50. The van der Waals surface area contributed by atoms with E-state index in [9.17, 15) is 16.8 Å². The van der Waals surface area contributed by atoms with Crippen LogP contribution in [0.2, 0.25) is 0 Å². The monoisotopic (exact) mass is 186 g/mol. The normalized spacial score (nSPS) is 13.1. The van der Waals surface area contributed by atoms with Crippen molar-refractivity contribution < 1.29 is 21.9 Å². The molecule has 0 aliphatic carbocycles. The summed E-state index contributed by atoms with van der Waals surface area (Å²) in [4.78, 5) is 0. The minimum absolute atomic E-state index is 0.652. The van der Waals surface area contributed by atoms with E-state index in [-0.39, 0.29) is 0 Å². The fourth-order valence-electron chi connectivity index (χ4n) is 0.318. The van der Waals surface area contributed by atoms with Crippen LogP contribution < -0.4 is 0 Å². The van der Waals surface area contributed by atoms with Crippen molar-refractivity contribution in [1.82, 2.24) is 0 Å². The van der Waals surface area contributed by atoms with Crippen molar-refractivity contribution in [3.05, 3.63) is 0 Å². The summed E-state index contributed by atoms with van der Waals surface area (Å²) >= 11 is 0. The van der Waals surface area contributed by atoms with Gasteiger partial charge in [0.05, 0.1) is 0 Å². The molecule has 0 saturated heterocycles. The molecule has 0 heterocycles. The summed E-state index contributed by atoms with van der Waals surface area (Å²) in [5, 5.41) is 8.55. The zero-order valence-corrected chi connectivity index (χ0v) is 7.11. The summed E-state index contributed by atoms with van der Waals surface area (Å²) < 4.78 is 41.4. The molecule has 0 radical (unpaired) electrons. The number of hydrogen-bond donors (Lipinski definition) is 1. The molecular weight excluding hydrogens is 179 g/mol. The summed E-state index contributed by atoms with van der Waals surface area (Å²) in [7, 11) is -7.79. The summed E-state index contributed by atoms with van der Waals surface area (Å²) in [6, 6.07) is 0. The van der Waals surface area contributed by atoms with E-state index in [1.54, 1.807) is 0 Å². The van der Waals surface area contributed by atoms with Gasteiger partial charge in [0.2, 0.25) is 0 Å². The number of hydrogen-bond acceptors (Lipinski definition) is 5. The highest BCUT2D eigenvalue weighted by molar-refractivity contribution is 8.45. The van der Waals surface area contributed by atoms with Crippen LogP contribution in [0.1, 0.15) is 0 Å². The van der Waals surface area contributed by atoms with Crippen molar-refractivity contribution in [1.29, 1.82) is 0 Å². The highest BCUT2D eigenvalue weighted by Crippen LogP contribution is 1.96. The third kappa shape index (κ3) is 2.67. The fraction of sp³-hybridized carbons (Fsp3) is 1.00. The first-order valence-corrected chi connectivity index (χ1v) is 6.12. The lowest BCUT2D eigenvalue weighted by Crippen LogP contribution is -2.33. The Morgan fingerprint density at radius 2 is 1.20 bits per heavy atom. The van der Waals surface area contributed by atoms with Gasteiger partial charge in [-0.05, 0) is 0 Å². The van der Waals surface area contributed by atoms with Gasteiger partial charge in [-0.2, -0.15) is 0 Å². The van der Waals surface area contributed by atoms with E-state index < -0.39 is 24.8 Å². The van der Waals surface area contributed by atoms with Gasteiger partial charge in [0.1, 0.15) is 0 Å². The van der Waals surface area contributed by atoms with Crippen molar-refractivity contribution in [2.24, 2.45) is 0 Å². The maximum absolute atomic E-state index is 10.3. The molecule has 0 aliphatic rings. The van der Waals surface area contributed by atoms with Gasteiger partial charge in [-0.15, -0.1) is 0 Å². The van der Waals surface area contributed by atoms with Gasteiger partial charge in [0.15, 0.2) is 19.4 Å². The third-order valence-electron chi connectivity index (χ3n) is 0.733. The Labute approximate surface area is 59.8 Å². The quantitative estimate of drug-likeness (QED) is 0.506. The lowest BCUT2D eigenvalue weighted by molar-refractivity contribution is 0.568. The molecule has 0 rings (SSSR count). The van der Waals surface area contributed by atoms with Crippen LogP contribution in [0.3, 0.4) is 0 Å². The third-order valence-corrected chi connectivity index (χ3v) is 4.30. The zero-order valence-electron chi connectivity index (χ0n) is 5.47. The van der Waals surface area contributed by atoms with Crippen LogP contribution in [-0.4, -0.2) is 39.8 Å². The number of rotatable bonds is 2.